The summed E-state index contributed by atoms with van der Waals surface area (Å²) in [6.07, 6.45) is 1.96. The molecule has 3 aromatic rings. The average molecular weight is 367 g/mol. The summed E-state index contributed by atoms with van der Waals surface area (Å²) >= 11 is 1.59. The Kier molecular flexibility index (Phi) is 5.70. The van der Waals surface area contributed by atoms with Gasteiger partial charge in [-0.1, -0.05) is 41.6 Å². The molecule has 2 N–H and O–H groups in total. The van der Waals surface area contributed by atoms with E-state index in [1.165, 1.54) is 0 Å². The molecule has 0 atom stereocenters. The summed E-state index contributed by atoms with van der Waals surface area (Å²) in [5.74, 6) is -0.290. The standard InChI is InChI=1S/C19H17N3O3S/c1-26-15-9-5-8-14(10-15)21-18(23)12-20-19(24)16-11-17(25-22-16)13-6-3-2-4-7-13/h2-11H,12H2,1H3,(H,20,24)(H,21,23). The third-order valence-electron chi connectivity index (χ3n) is 3.56. The first-order valence-corrected chi connectivity index (χ1v) is 9.12. The van der Waals surface area contributed by atoms with Crippen LogP contribution < -0.4 is 10.6 Å². The van der Waals surface area contributed by atoms with Crippen molar-refractivity contribution in [2.75, 3.05) is 18.1 Å². The lowest BCUT2D eigenvalue weighted by atomic mass is 10.1. The summed E-state index contributed by atoms with van der Waals surface area (Å²) in [5.41, 5.74) is 1.63. The maximum atomic E-state index is 12.1. The van der Waals surface area contributed by atoms with Crippen LogP contribution in [0.2, 0.25) is 0 Å². The highest BCUT2D eigenvalue weighted by molar-refractivity contribution is 7.98. The molecule has 0 saturated carbocycles. The minimum atomic E-state index is -0.469. The highest BCUT2D eigenvalue weighted by Crippen LogP contribution is 2.20. The van der Waals surface area contributed by atoms with E-state index in [4.69, 9.17) is 4.52 Å². The van der Waals surface area contributed by atoms with Crippen LogP contribution in [0.25, 0.3) is 11.3 Å². The number of hydrogen-bond donors (Lipinski definition) is 2. The molecule has 0 aliphatic rings. The maximum absolute atomic E-state index is 12.1. The highest BCUT2D eigenvalue weighted by atomic mass is 32.2. The average Bonchev–Trinajstić information content (AvgIpc) is 3.17. The topological polar surface area (TPSA) is 84.2 Å². The number of hydrogen-bond acceptors (Lipinski definition) is 5. The summed E-state index contributed by atoms with van der Waals surface area (Å²) in [6.45, 7) is -0.157. The molecular formula is C19H17N3O3S. The van der Waals surface area contributed by atoms with Crippen molar-refractivity contribution in [2.45, 2.75) is 4.90 Å². The molecule has 0 spiro atoms. The van der Waals surface area contributed by atoms with Crippen LogP contribution in [0.4, 0.5) is 5.69 Å². The Morgan fingerprint density at radius 1 is 1.08 bits per heavy atom. The summed E-state index contributed by atoms with van der Waals surface area (Å²) in [4.78, 5) is 25.2. The van der Waals surface area contributed by atoms with Crippen molar-refractivity contribution in [3.63, 3.8) is 0 Å². The van der Waals surface area contributed by atoms with Gasteiger partial charge >= 0.3 is 0 Å². The Morgan fingerprint density at radius 2 is 1.88 bits per heavy atom. The van der Waals surface area contributed by atoms with Gasteiger partial charge in [0.25, 0.3) is 5.91 Å². The number of rotatable bonds is 6. The monoisotopic (exact) mass is 367 g/mol. The van der Waals surface area contributed by atoms with Crippen molar-refractivity contribution >= 4 is 29.3 Å². The Bertz CT molecular complexity index is 909. The largest absolute Gasteiger partial charge is 0.355 e. The maximum Gasteiger partial charge on any atom is 0.273 e. The van der Waals surface area contributed by atoms with Crippen molar-refractivity contribution in [3.8, 4) is 11.3 Å². The lowest BCUT2D eigenvalue weighted by Gasteiger charge is -2.07. The molecule has 3 rings (SSSR count). The van der Waals surface area contributed by atoms with Crippen molar-refractivity contribution in [3.05, 3.63) is 66.4 Å². The van der Waals surface area contributed by atoms with Gasteiger partial charge in [-0.05, 0) is 24.5 Å². The summed E-state index contributed by atoms with van der Waals surface area (Å²) in [6, 6.07) is 18.4. The van der Waals surface area contributed by atoms with Crippen LogP contribution in [0.15, 0.2) is 70.1 Å². The van der Waals surface area contributed by atoms with Crippen LogP contribution in [0.1, 0.15) is 10.5 Å². The van der Waals surface area contributed by atoms with E-state index in [0.717, 1.165) is 10.5 Å². The summed E-state index contributed by atoms with van der Waals surface area (Å²) in [5, 5.41) is 9.03. The number of thioether (sulfide) groups is 1. The minimum Gasteiger partial charge on any atom is -0.355 e. The van der Waals surface area contributed by atoms with Crippen LogP contribution >= 0.6 is 11.8 Å². The number of nitrogens with zero attached hydrogens (tertiary/aromatic N) is 1. The van der Waals surface area contributed by atoms with E-state index in [1.807, 2.05) is 54.8 Å². The van der Waals surface area contributed by atoms with Gasteiger partial charge in [0.1, 0.15) is 0 Å². The Balaban J connectivity index is 1.55. The smallest absolute Gasteiger partial charge is 0.273 e. The molecule has 0 saturated heterocycles. The second-order valence-corrected chi connectivity index (χ2v) is 6.28. The zero-order chi connectivity index (χ0) is 18.4. The molecule has 2 aromatic carbocycles. The molecule has 1 aromatic heterocycles. The fourth-order valence-corrected chi connectivity index (χ4v) is 2.74. The number of carbonyl (C=O) groups excluding carboxylic acids is 2. The molecule has 0 aliphatic heterocycles. The van der Waals surface area contributed by atoms with Gasteiger partial charge in [0.05, 0.1) is 6.54 Å². The molecular weight excluding hydrogens is 350 g/mol. The number of aromatic nitrogens is 1. The molecule has 0 radical (unpaired) electrons. The Labute approximate surface area is 155 Å². The van der Waals surface area contributed by atoms with Crippen molar-refractivity contribution in [1.82, 2.24) is 10.5 Å². The second kappa shape index (κ2) is 8.35. The first-order chi connectivity index (χ1) is 12.7. The van der Waals surface area contributed by atoms with Gasteiger partial charge in [0.15, 0.2) is 11.5 Å². The van der Waals surface area contributed by atoms with Gasteiger partial charge in [-0.2, -0.15) is 0 Å². The zero-order valence-corrected chi connectivity index (χ0v) is 14.9. The predicted molar refractivity (Wildman–Crippen MR) is 101 cm³/mol. The molecule has 0 fully saturated rings. The van der Waals surface area contributed by atoms with Gasteiger partial charge in [-0.15, -0.1) is 11.8 Å². The number of amides is 2. The van der Waals surface area contributed by atoms with E-state index in [9.17, 15) is 9.59 Å². The summed E-state index contributed by atoms with van der Waals surface area (Å²) < 4.78 is 5.19. The fourth-order valence-electron chi connectivity index (χ4n) is 2.28. The van der Waals surface area contributed by atoms with Crippen LogP contribution in [0.5, 0.6) is 0 Å². The number of anilines is 1. The first kappa shape index (κ1) is 17.8. The van der Waals surface area contributed by atoms with Gasteiger partial charge in [-0.3, -0.25) is 9.59 Å². The van der Waals surface area contributed by atoms with Crippen LogP contribution in [-0.2, 0) is 4.79 Å². The summed E-state index contributed by atoms with van der Waals surface area (Å²) in [7, 11) is 0. The molecule has 6 nitrogen and oxygen atoms in total. The van der Waals surface area contributed by atoms with Gasteiger partial charge < -0.3 is 15.2 Å². The van der Waals surface area contributed by atoms with Crippen molar-refractivity contribution in [1.29, 1.82) is 0 Å². The number of benzene rings is 2. The van der Waals surface area contributed by atoms with Gasteiger partial charge in [0, 0.05) is 22.2 Å². The SMILES string of the molecule is CSc1cccc(NC(=O)CNC(=O)c2cc(-c3ccccc3)on2)c1. The van der Waals surface area contributed by atoms with E-state index in [2.05, 4.69) is 15.8 Å². The van der Waals surface area contributed by atoms with Crippen LogP contribution in [0.3, 0.4) is 0 Å². The van der Waals surface area contributed by atoms with E-state index in [1.54, 1.807) is 23.9 Å². The van der Waals surface area contributed by atoms with Crippen LogP contribution in [-0.4, -0.2) is 29.8 Å². The van der Waals surface area contributed by atoms with Crippen LogP contribution in [0, 0.1) is 0 Å². The number of nitrogens with one attached hydrogen (secondary N) is 2. The normalized spacial score (nSPS) is 10.3. The lowest BCUT2D eigenvalue weighted by molar-refractivity contribution is -0.115. The van der Waals surface area contributed by atoms with E-state index < -0.39 is 5.91 Å². The first-order valence-electron chi connectivity index (χ1n) is 7.90. The molecule has 132 valence electrons. The zero-order valence-electron chi connectivity index (χ0n) is 14.1. The van der Waals surface area contributed by atoms with Crippen molar-refractivity contribution in [2.24, 2.45) is 0 Å². The molecule has 0 unspecified atom stereocenters. The molecule has 7 heteroatoms. The van der Waals surface area contributed by atoms with E-state index in [-0.39, 0.29) is 18.1 Å². The lowest BCUT2D eigenvalue weighted by Crippen LogP contribution is -2.33. The molecule has 26 heavy (non-hydrogen) atoms. The van der Waals surface area contributed by atoms with E-state index >= 15 is 0 Å². The van der Waals surface area contributed by atoms with Gasteiger partial charge in [-0.25, -0.2) is 0 Å². The highest BCUT2D eigenvalue weighted by Gasteiger charge is 2.14. The fraction of sp³-hybridized carbons (Fsp3) is 0.105. The molecule has 1 heterocycles. The molecule has 2 amide bonds. The van der Waals surface area contributed by atoms with Crippen molar-refractivity contribution < 1.29 is 14.1 Å². The Hall–Kier alpha value is -3.06. The quantitative estimate of drug-likeness (QED) is 0.652. The second-order valence-electron chi connectivity index (χ2n) is 5.41. The van der Waals surface area contributed by atoms with Gasteiger partial charge in [0.2, 0.25) is 5.91 Å². The minimum absolute atomic E-state index is 0.126. The van der Waals surface area contributed by atoms with E-state index in [0.29, 0.717) is 11.4 Å². The predicted octanol–water partition coefficient (Wildman–Crippen LogP) is 3.43. The number of carbonyl (C=O) groups is 2. The molecule has 0 aliphatic carbocycles. The molecule has 0 bridgehead atoms. The third kappa shape index (κ3) is 4.52. The Morgan fingerprint density at radius 3 is 2.65 bits per heavy atom. The third-order valence-corrected chi connectivity index (χ3v) is 4.29.